The molecule has 0 amide bonds. The van der Waals surface area contributed by atoms with Gasteiger partial charge in [0.1, 0.15) is 24.1 Å². The van der Waals surface area contributed by atoms with Gasteiger partial charge < -0.3 is 24.0 Å². The fourth-order valence-corrected chi connectivity index (χ4v) is 2.24. The molecule has 3 aromatic rings. The predicted octanol–water partition coefficient (Wildman–Crippen LogP) is 2.68. The molecule has 3 rings (SSSR count). The van der Waals surface area contributed by atoms with Gasteiger partial charge in [0.15, 0.2) is 0 Å². The smallest absolute Gasteiger partial charge is 0.406 e. The molecular formula is C16H12N2O6. The molecule has 0 atom stereocenters. The lowest BCUT2D eigenvalue weighted by atomic mass is 10.1. The molecule has 8 nitrogen and oxygen atoms in total. The summed E-state index contributed by atoms with van der Waals surface area (Å²) < 4.78 is 15.7. The third-order valence-corrected chi connectivity index (χ3v) is 3.34. The van der Waals surface area contributed by atoms with Crippen LogP contribution in [0.2, 0.25) is 0 Å². The summed E-state index contributed by atoms with van der Waals surface area (Å²) in [5.74, 6) is 0.190. The number of methoxy groups -OCH3 is 1. The topological polar surface area (TPSA) is 105 Å². The molecule has 1 aromatic carbocycles. The van der Waals surface area contributed by atoms with Gasteiger partial charge in [0.25, 0.3) is 0 Å². The molecule has 8 heteroatoms. The SMILES string of the molecule is COc1ccc2c(COc3cccnc3[N+](=O)[O-])cc(=O)oc2c1. The summed E-state index contributed by atoms with van der Waals surface area (Å²) in [6.45, 7) is -0.0407. The lowest BCUT2D eigenvalue weighted by Crippen LogP contribution is -2.05. The molecule has 0 bridgehead atoms. The first-order chi connectivity index (χ1) is 11.6. The Morgan fingerprint density at radius 2 is 2.12 bits per heavy atom. The molecule has 2 aromatic heterocycles. The zero-order valence-corrected chi connectivity index (χ0v) is 12.6. The van der Waals surface area contributed by atoms with Crippen LogP contribution in [0, 0.1) is 10.1 Å². The molecule has 2 heterocycles. The van der Waals surface area contributed by atoms with Crippen molar-refractivity contribution in [2.45, 2.75) is 6.61 Å². The van der Waals surface area contributed by atoms with Crippen LogP contribution in [0.1, 0.15) is 5.56 Å². The minimum atomic E-state index is -0.627. The Morgan fingerprint density at radius 3 is 2.88 bits per heavy atom. The average Bonchev–Trinajstić information content (AvgIpc) is 2.59. The molecular weight excluding hydrogens is 316 g/mol. The molecule has 0 radical (unpaired) electrons. The van der Waals surface area contributed by atoms with E-state index in [0.29, 0.717) is 22.3 Å². The van der Waals surface area contributed by atoms with Gasteiger partial charge in [0.2, 0.25) is 5.75 Å². The van der Waals surface area contributed by atoms with Gasteiger partial charge in [-0.15, -0.1) is 0 Å². The van der Waals surface area contributed by atoms with E-state index < -0.39 is 10.5 Å². The third kappa shape index (κ3) is 3.02. The highest BCUT2D eigenvalue weighted by molar-refractivity contribution is 5.81. The maximum absolute atomic E-state index is 11.7. The molecule has 0 aliphatic carbocycles. The highest BCUT2D eigenvalue weighted by Gasteiger charge is 2.16. The number of benzene rings is 1. The number of nitro groups is 1. The third-order valence-electron chi connectivity index (χ3n) is 3.34. The number of nitrogens with zero attached hydrogens (tertiary/aromatic N) is 2. The van der Waals surface area contributed by atoms with Crippen molar-refractivity contribution in [3.05, 3.63) is 68.7 Å². The first kappa shape index (κ1) is 15.5. The highest BCUT2D eigenvalue weighted by Crippen LogP contribution is 2.26. The number of aromatic nitrogens is 1. The van der Waals surface area contributed by atoms with Crippen LogP contribution in [0.4, 0.5) is 5.82 Å². The van der Waals surface area contributed by atoms with Crippen LogP contribution >= 0.6 is 0 Å². The number of hydrogen-bond acceptors (Lipinski definition) is 7. The lowest BCUT2D eigenvalue weighted by molar-refractivity contribution is -0.390. The van der Waals surface area contributed by atoms with E-state index in [-0.39, 0.29) is 18.2 Å². The summed E-state index contributed by atoms with van der Waals surface area (Å²) in [5.41, 5.74) is 0.346. The van der Waals surface area contributed by atoms with Crippen LogP contribution in [-0.2, 0) is 6.61 Å². The molecule has 0 aliphatic heterocycles. The zero-order valence-electron chi connectivity index (χ0n) is 12.6. The molecule has 24 heavy (non-hydrogen) atoms. The fourth-order valence-electron chi connectivity index (χ4n) is 2.24. The fraction of sp³-hybridized carbons (Fsp3) is 0.125. The summed E-state index contributed by atoms with van der Waals surface area (Å²) in [4.78, 5) is 25.7. The second-order valence-corrected chi connectivity index (χ2v) is 4.82. The van der Waals surface area contributed by atoms with Crippen LogP contribution in [0.3, 0.4) is 0 Å². The van der Waals surface area contributed by atoms with E-state index in [2.05, 4.69) is 4.98 Å². The molecule has 0 N–H and O–H groups in total. The van der Waals surface area contributed by atoms with Gasteiger partial charge in [-0.1, -0.05) is 0 Å². The quantitative estimate of drug-likeness (QED) is 0.403. The van der Waals surface area contributed by atoms with Gasteiger partial charge in [-0.2, -0.15) is 0 Å². The number of hydrogen-bond donors (Lipinski definition) is 0. The molecule has 122 valence electrons. The number of fused-ring (bicyclic) bond motifs is 1. The molecule has 0 saturated heterocycles. The molecule has 0 fully saturated rings. The van der Waals surface area contributed by atoms with Crippen LogP contribution in [0.25, 0.3) is 11.0 Å². The normalized spacial score (nSPS) is 10.5. The average molecular weight is 328 g/mol. The molecule has 0 aliphatic rings. The monoisotopic (exact) mass is 328 g/mol. The molecule has 0 spiro atoms. The first-order valence-corrected chi connectivity index (χ1v) is 6.91. The van der Waals surface area contributed by atoms with E-state index >= 15 is 0 Å². The van der Waals surface area contributed by atoms with Crippen molar-refractivity contribution >= 4 is 16.8 Å². The number of pyridine rings is 1. The van der Waals surface area contributed by atoms with Crippen LogP contribution in [-0.4, -0.2) is 17.0 Å². The minimum absolute atomic E-state index is 0.0254. The van der Waals surface area contributed by atoms with Crippen molar-refractivity contribution < 1.29 is 18.8 Å². The standard InChI is InChI=1S/C16H12N2O6/c1-22-11-4-5-12-10(7-15(19)24-14(12)8-11)9-23-13-3-2-6-17-16(13)18(20)21/h2-8H,9H2,1H3. The maximum atomic E-state index is 11.7. The Kier molecular flexibility index (Phi) is 4.11. The minimum Gasteiger partial charge on any atom is -0.497 e. The summed E-state index contributed by atoms with van der Waals surface area (Å²) in [7, 11) is 1.51. The Balaban J connectivity index is 1.96. The van der Waals surface area contributed by atoms with Gasteiger partial charge in [0, 0.05) is 23.1 Å². The Labute approximate surface area is 135 Å². The van der Waals surface area contributed by atoms with Gasteiger partial charge in [0.05, 0.1) is 7.11 Å². The largest absolute Gasteiger partial charge is 0.497 e. The Morgan fingerprint density at radius 1 is 1.29 bits per heavy atom. The van der Waals surface area contributed by atoms with Crippen molar-refractivity contribution in [3.63, 3.8) is 0 Å². The highest BCUT2D eigenvalue weighted by atomic mass is 16.6. The number of rotatable bonds is 5. The first-order valence-electron chi connectivity index (χ1n) is 6.91. The summed E-state index contributed by atoms with van der Waals surface area (Å²) in [5, 5.41) is 11.6. The van der Waals surface area contributed by atoms with Crippen molar-refractivity contribution in [1.29, 1.82) is 0 Å². The van der Waals surface area contributed by atoms with E-state index in [0.717, 1.165) is 0 Å². The van der Waals surface area contributed by atoms with Gasteiger partial charge in [-0.3, -0.25) is 0 Å². The van der Waals surface area contributed by atoms with Crippen LogP contribution in [0.15, 0.2) is 51.8 Å². The van der Waals surface area contributed by atoms with E-state index in [1.807, 2.05) is 0 Å². The Bertz CT molecular complexity index is 966. The van der Waals surface area contributed by atoms with Crippen molar-refractivity contribution in [2.75, 3.05) is 7.11 Å². The predicted molar refractivity (Wildman–Crippen MR) is 84.3 cm³/mol. The van der Waals surface area contributed by atoms with Crippen molar-refractivity contribution in [1.82, 2.24) is 4.98 Å². The van der Waals surface area contributed by atoms with Crippen molar-refractivity contribution in [2.24, 2.45) is 0 Å². The summed E-state index contributed by atoms with van der Waals surface area (Å²) >= 11 is 0. The van der Waals surface area contributed by atoms with Gasteiger partial charge in [-0.05, 0) is 34.2 Å². The second kappa shape index (κ2) is 6.37. The maximum Gasteiger partial charge on any atom is 0.406 e. The van der Waals surface area contributed by atoms with Crippen molar-refractivity contribution in [3.8, 4) is 11.5 Å². The van der Waals surface area contributed by atoms with Gasteiger partial charge in [-0.25, -0.2) is 4.79 Å². The van der Waals surface area contributed by atoms with E-state index in [1.165, 1.54) is 31.5 Å². The van der Waals surface area contributed by atoms with Crippen LogP contribution < -0.4 is 15.1 Å². The van der Waals surface area contributed by atoms with Crippen LogP contribution in [0.5, 0.6) is 11.5 Å². The molecule has 0 saturated carbocycles. The van der Waals surface area contributed by atoms with E-state index in [1.54, 1.807) is 18.2 Å². The van der Waals surface area contributed by atoms with Gasteiger partial charge >= 0.3 is 11.4 Å². The summed E-state index contributed by atoms with van der Waals surface area (Å²) in [6, 6.07) is 9.31. The number of ether oxygens (including phenoxy) is 2. The Hall–Kier alpha value is -3.42. The second-order valence-electron chi connectivity index (χ2n) is 4.82. The molecule has 0 unspecified atom stereocenters. The summed E-state index contributed by atoms with van der Waals surface area (Å²) in [6.07, 6.45) is 1.31. The lowest BCUT2D eigenvalue weighted by Gasteiger charge is -2.09. The van der Waals surface area contributed by atoms with E-state index in [9.17, 15) is 14.9 Å². The van der Waals surface area contributed by atoms with E-state index in [4.69, 9.17) is 13.9 Å². The zero-order chi connectivity index (χ0) is 17.1.